The van der Waals surface area contributed by atoms with Crippen molar-refractivity contribution in [1.29, 1.82) is 0 Å². The number of benzene rings is 1. The van der Waals surface area contributed by atoms with E-state index >= 15 is 0 Å². The Kier molecular flexibility index (Phi) is 1.79. The minimum Gasteiger partial charge on any atom is -0.373 e. The van der Waals surface area contributed by atoms with E-state index < -0.39 is 5.82 Å². The normalized spacial score (nSPS) is 14.5. The second-order valence-corrected chi connectivity index (χ2v) is 3.26. The zero-order chi connectivity index (χ0) is 9.42. The van der Waals surface area contributed by atoms with E-state index in [-0.39, 0.29) is 5.56 Å². The first-order valence-electron chi connectivity index (χ1n) is 4.21. The Bertz CT molecular complexity index is 362. The topological polar surface area (TPSA) is 20.3 Å². The van der Waals surface area contributed by atoms with E-state index in [2.05, 4.69) is 0 Å². The fraction of sp³-hybridized carbons (Fsp3) is 0.300. The van der Waals surface area contributed by atoms with Gasteiger partial charge in [0.15, 0.2) is 6.29 Å². The first kappa shape index (κ1) is 8.23. The van der Waals surface area contributed by atoms with Gasteiger partial charge in [-0.1, -0.05) is 6.07 Å². The summed E-state index contributed by atoms with van der Waals surface area (Å²) in [7, 11) is 1.87. The molecule has 0 saturated heterocycles. The molecule has 0 atom stereocenters. The number of fused-ring (bicyclic) bond motifs is 1. The quantitative estimate of drug-likeness (QED) is 0.611. The third-order valence-electron chi connectivity index (χ3n) is 2.46. The molecular formula is C10H10FNO. The number of hydrogen-bond donors (Lipinski definition) is 0. The second-order valence-electron chi connectivity index (χ2n) is 3.26. The molecule has 0 radical (unpaired) electrons. The van der Waals surface area contributed by atoms with Gasteiger partial charge < -0.3 is 4.90 Å². The summed E-state index contributed by atoms with van der Waals surface area (Å²) in [5.41, 5.74) is 2.01. The maximum Gasteiger partial charge on any atom is 0.155 e. The van der Waals surface area contributed by atoms with E-state index in [1.54, 1.807) is 6.07 Å². The van der Waals surface area contributed by atoms with Gasteiger partial charge in [0.1, 0.15) is 5.82 Å². The number of halogens is 1. The van der Waals surface area contributed by atoms with E-state index in [9.17, 15) is 9.18 Å². The first-order valence-corrected chi connectivity index (χ1v) is 4.21. The number of nitrogens with zero attached hydrogens (tertiary/aromatic N) is 1. The third kappa shape index (κ3) is 1.11. The van der Waals surface area contributed by atoms with Crippen LogP contribution in [-0.2, 0) is 6.42 Å². The molecule has 0 aromatic heterocycles. The lowest BCUT2D eigenvalue weighted by Crippen LogP contribution is -2.14. The summed E-state index contributed by atoms with van der Waals surface area (Å²) in [4.78, 5) is 12.6. The molecule has 0 spiro atoms. The van der Waals surface area contributed by atoms with Crippen LogP contribution in [0.2, 0.25) is 0 Å². The number of anilines is 1. The van der Waals surface area contributed by atoms with Gasteiger partial charge in [0.2, 0.25) is 0 Å². The van der Waals surface area contributed by atoms with Crippen LogP contribution < -0.4 is 4.90 Å². The lowest BCUT2D eigenvalue weighted by molar-refractivity contribution is 0.112. The van der Waals surface area contributed by atoms with Crippen LogP contribution in [0.15, 0.2) is 12.1 Å². The SMILES string of the molecule is CN1CCc2ccc(F)c(C=O)c21. The summed E-state index contributed by atoms with van der Waals surface area (Å²) in [6.45, 7) is 0.861. The van der Waals surface area contributed by atoms with Crippen molar-refractivity contribution in [1.82, 2.24) is 0 Å². The van der Waals surface area contributed by atoms with Crippen molar-refractivity contribution in [3.63, 3.8) is 0 Å². The van der Waals surface area contributed by atoms with Gasteiger partial charge >= 0.3 is 0 Å². The van der Waals surface area contributed by atoms with Gasteiger partial charge in [-0.25, -0.2) is 4.39 Å². The van der Waals surface area contributed by atoms with Crippen molar-refractivity contribution in [2.45, 2.75) is 6.42 Å². The van der Waals surface area contributed by atoms with Gasteiger partial charge in [-0.2, -0.15) is 0 Å². The van der Waals surface area contributed by atoms with Gasteiger partial charge in [0.25, 0.3) is 0 Å². The highest BCUT2D eigenvalue weighted by Gasteiger charge is 2.21. The van der Waals surface area contributed by atoms with Gasteiger partial charge in [0.05, 0.1) is 11.3 Å². The molecule has 1 aromatic rings. The fourth-order valence-electron chi connectivity index (χ4n) is 1.79. The van der Waals surface area contributed by atoms with E-state index in [0.717, 1.165) is 24.2 Å². The van der Waals surface area contributed by atoms with E-state index in [1.165, 1.54) is 6.07 Å². The molecule has 0 bridgehead atoms. The molecule has 1 heterocycles. The fourth-order valence-corrected chi connectivity index (χ4v) is 1.79. The molecule has 2 rings (SSSR count). The molecule has 0 aliphatic carbocycles. The number of carbonyl (C=O) groups excluding carboxylic acids is 1. The van der Waals surface area contributed by atoms with Crippen LogP contribution in [-0.4, -0.2) is 19.9 Å². The maximum absolute atomic E-state index is 13.2. The van der Waals surface area contributed by atoms with Crippen LogP contribution in [0.4, 0.5) is 10.1 Å². The van der Waals surface area contributed by atoms with Crippen molar-refractivity contribution in [2.24, 2.45) is 0 Å². The van der Waals surface area contributed by atoms with E-state index in [4.69, 9.17) is 0 Å². The lowest BCUT2D eigenvalue weighted by Gasteiger charge is -2.14. The molecule has 0 amide bonds. The van der Waals surface area contributed by atoms with Crippen LogP contribution in [0.3, 0.4) is 0 Å². The molecule has 3 heteroatoms. The highest BCUT2D eigenvalue weighted by Crippen LogP contribution is 2.31. The van der Waals surface area contributed by atoms with Crippen LogP contribution in [0.1, 0.15) is 15.9 Å². The Morgan fingerprint density at radius 1 is 1.54 bits per heavy atom. The maximum atomic E-state index is 13.2. The molecule has 0 saturated carbocycles. The monoisotopic (exact) mass is 179 g/mol. The highest BCUT2D eigenvalue weighted by molar-refractivity contribution is 5.87. The zero-order valence-corrected chi connectivity index (χ0v) is 7.38. The Morgan fingerprint density at radius 2 is 2.31 bits per heavy atom. The average molecular weight is 179 g/mol. The number of carbonyl (C=O) groups is 1. The lowest BCUT2D eigenvalue weighted by atomic mass is 10.1. The summed E-state index contributed by atoms with van der Waals surface area (Å²) >= 11 is 0. The van der Waals surface area contributed by atoms with Gasteiger partial charge in [-0.15, -0.1) is 0 Å². The Hall–Kier alpha value is -1.38. The average Bonchev–Trinajstić information content (AvgIpc) is 2.49. The molecule has 2 nitrogen and oxygen atoms in total. The third-order valence-corrected chi connectivity index (χ3v) is 2.46. The van der Waals surface area contributed by atoms with Crippen molar-refractivity contribution in [3.8, 4) is 0 Å². The molecule has 68 valence electrons. The van der Waals surface area contributed by atoms with Gasteiger partial charge in [-0.3, -0.25) is 4.79 Å². The van der Waals surface area contributed by atoms with E-state index in [0.29, 0.717) is 6.29 Å². The zero-order valence-electron chi connectivity index (χ0n) is 7.38. The first-order chi connectivity index (χ1) is 6.24. The molecule has 1 aliphatic rings. The molecule has 0 unspecified atom stereocenters. The van der Waals surface area contributed by atoms with E-state index in [1.807, 2.05) is 11.9 Å². The predicted octanol–water partition coefficient (Wildman–Crippen LogP) is 1.63. The van der Waals surface area contributed by atoms with Gasteiger partial charge in [-0.05, 0) is 18.1 Å². The standard InChI is InChI=1S/C10H10FNO/c1-12-5-4-7-2-3-9(11)8(6-13)10(7)12/h2-3,6H,4-5H2,1H3. The van der Waals surface area contributed by atoms with Crippen LogP contribution in [0.5, 0.6) is 0 Å². The predicted molar refractivity (Wildman–Crippen MR) is 48.8 cm³/mol. The van der Waals surface area contributed by atoms with Crippen molar-refractivity contribution < 1.29 is 9.18 Å². The summed E-state index contributed by atoms with van der Waals surface area (Å²) in [5.74, 6) is -0.428. The summed E-state index contributed by atoms with van der Waals surface area (Å²) < 4.78 is 13.2. The molecule has 1 aromatic carbocycles. The van der Waals surface area contributed by atoms with Crippen LogP contribution >= 0.6 is 0 Å². The second kappa shape index (κ2) is 2.83. The molecule has 1 aliphatic heterocycles. The number of hydrogen-bond acceptors (Lipinski definition) is 2. The molecular weight excluding hydrogens is 169 g/mol. The molecule has 0 fully saturated rings. The molecule has 13 heavy (non-hydrogen) atoms. The summed E-state index contributed by atoms with van der Waals surface area (Å²) in [6.07, 6.45) is 1.49. The Morgan fingerprint density at radius 3 is 3.00 bits per heavy atom. The molecule has 0 N–H and O–H groups in total. The minimum absolute atomic E-state index is 0.192. The number of aldehydes is 1. The minimum atomic E-state index is -0.428. The van der Waals surface area contributed by atoms with Crippen molar-refractivity contribution in [2.75, 3.05) is 18.5 Å². The Balaban J connectivity index is 2.66. The summed E-state index contributed by atoms with van der Waals surface area (Å²) in [6, 6.07) is 3.11. The summed E-state index contributed by atoms with van der Waals surface area (Å²) in [5, 5.41) is 0. The van der Waals surface area contributed by atoms with Crippen LogP contribution in [0, 0.1) is 5.82 Å². The largest absolute Gasteiger partial charge is 0.373 e. The van der Waals surface area contributed by atoms with Crippen molar-refractivity contribution >= 4 is 12.0 Å². The number of likely N-dealkylation sites (N-methyl/N-ethyl adjacent to an activating group) is 1. The van der Waals surface area contributed by atoms with Crippen LogP contribution in [0.25, 0.3) is 0 Å². The Labute approximate surface area is 76.0 Å². The highest BCUT2D eigenvalue weighted by atomic mass is 19.1. The van der Waals surface area contributed by atoms with Gasteiger partial charge in [0, 0.05) is 13.6 Å². The number of rotatable bonds is 1. The smallest absolute Gasteiger partial charge is 0.155 e. The van der Waals surface area contributed by atoms with Crippen molar-refractivity contribution in [3.05, 3.63) is 29.1 Å².